The maximum absolute atomic E-state index is 6.77. The summed E-state index contributed by atoms with van der Waals surface area (Å²) in [5.74, 6) is 0. The van der Waals surface area contributed by atoms with Crippen molar-refractivity contribution in [3.8, 4) is 0 Å². The van der Waals surface area contributed by atoms with Gasteiger partial charge in [0.25, 0.3) is 0 Å². The van der Waals surface area contributed by atoms with Crippen molar-refractivity contribution in [3.63, 3.8) is 0 Å². The molecule has 26 heavy (non-hydrogen) atoms. The van der Waals surface area contributed by atoms with E-state index in [1.54, 1.807) is 35.0 Å². The standard InChI is InChI=1S/2C9H18N.CH2I.CH4.ClH.2Sn/c2*1-4-7-10(8-5-2)9-6-3;1-2;;;;/h2*1-9H2;1H2;1H4;1H;;/q;;;;;;+1/p-1. The van der Waals surface area contributed by atoms with Gasteiger partial charge in [-0.15, -0.1) is 0 Å². The van der Waals surface area contributed by atoms with Crippen molar-refractivity contribution in [3.05, 3.63) is 0 Å². The monoisotopic (exact) mass is 712 g/mol. The van der Waals surface area contributed by atoms with E-state index in [0.29, 0.717) is 0 Å². The molecule has 6 aliphatic heterocycles. The van der Waals surface area contributed by atoms with Gasteiger partial charge in [-0.2, -0.15) is 0 Å². The number of alkyl halides is 1. The predicted molar refractivity (Wildman–Crippen MR) is 132 cm³/mol. The Kier molecular flexibility index (Phi) is 11.8. The number of halogens is 2. The van der Waals surface area contributed by atoms with Gasteiger partial charge in [-0.1, -0.05) is 7.43 Å². The predicted octanol–water partition coefficient (Wildman–Crippen LogP) is 6.22. The molecule has 0 saturated carbocycles. The molecule has 2 nitrogen and oxygen atoms in total. The van der Waals surface area contributed by atoms with Crippen molar-refractivity contribution in [2.45, 2.75) is 72.6 Å². The first kappa shape index (κ1) is 24.8. The third-order valence-electron chi connectivity index (χ3n) is 7.13. The average Bonchev–Trinajstić information content (AvgIpc) is 2.49. The van der Waals surface area contributed by atoms with Gasteiger partial charge in [0, 0.05) is 0 Å². The minimum atomic E-state index is -1.96. The molecular weight excluding hydrogens is 668 g/mol. The number of hydrogen-bond donors (Lipinski definition) is 0. The van der Waals surface area contributed by atoms with E-state index < -0.39 is 35.6 Å². The van der Waals surface area contributed by atoms with Crippen LogP contribution in [0.25, 0.3) is 0 Å². The van der Waals surface area contributed by atoms with Gasteiger partial charge < -0.3 is 0 Å². The molecule has 6 saturated heterocycles. The Morgan fingerprint density at radius 3 is 1.23 bits per heavy atom. The second kappa shape index (κ2) is 12.4. The van der Waals surface area contributed by atoms with Crippen LogP contribution in [-0.4, -0.2) is 87.1 Å². The SMILES string of the molecule is C.I[CH2][Sn]12[CH2]CCN(CC[CH2]1)CC[CH2]2.[Cl][Sn]12[CH2]CCN(CC[CH2]1)CC[CH2]2. The summed E-state index contributed by atoms with van der Waals surface area (Å²) >= 11 is -0.756. The normalized spacial score (nSPS) is 40.4. The molecule has 0 aromatic carbocycles. The van der Waals surface area contributed by atoms with Gasteiger partial charge >= 0.3 is 184 Å². The molecule has 6 heteroatoms. The van der Waals surface area contributed by atoms with Crippen LogP contribution in [0.1, 0.15) is 46.0 Å². The summed E-state index contributed by atoms with van der Waals surface area (Å²) in [5.41, 5.74) is 0. The third-order valence-corrected chi connectivity index (χ3v) is 46.2. The van der Waals surface area contributed by atoms with Crippen LogP contribution in [0.2, 0.25) is 26.6 Å². The summed E-state index contributed by atoms with van der Waals surface area (Å²) < 4.78 is 11.1. The molecule has 0 aliphatic carbocycles. The zero-order chi connectivity index (χ0) is 17.6. The van der Waals surface area contributed by atoms with Crippen molar-refractivity contribution in [2.24, 2.45) is 0 Å². The second-order valence-electron chi connectivity index (χ2n) is 9.09. The molecular formula is C20H42ClIN2Sn2. The van der Waals surface area contributed by atoms with Crippen molar-refractivity contribution in [1.82, 2.24) is 9.80 Å². The van der Waals surface area contributed by atoms with Gasteiger partial charge in [0.1, 0.15) is 0 Å². The topological polar surface area (TPSA) is 6.48 Å². The molecule has 6 fully saturated rings. The van der Waals surface area contributed by atoms with E-state index in [4.69, 9.17) is 8.92 Å². The molecule has 6 aliphatic rings. The molecule has 0 unspecified atom stereocenters. The molecule has 0 radical (unpaired) electrons. The third kappa shape index (κ3) is 7.66. The van der Waals surface area contributed by atoms with E-state index in [2.05, 4.69) is 32.4 Å². The van der Waals surface area contributed by atoms with Gasteiger partial charge in [-0.3, -0.25) is 0 Å². The van der Waals surface area contributed by atoms with Gasteiger partial charge in [-0.25, -0.2) is 0 Å². The minimum absolute atomic E-state index is 0. The Hall–Kier alpha value is 2.54. The zero-order valence-electron chi connectivity index (χ0n) is 16.1. The first-order valence-electron chi connectivity index (χ1n) is 10.8. The molecule has 0 N–H and O–H groups in total. The van der Waals surface area contributed by atoms with Gasteiger partial charge in [0.05, 0.1) is 0 Å². The Labute approximate surface area is 189 Å². The van der Waals surface area contributed by atoms with Crippen LogP contribution < -0.4 is 0 Å². The molecule has 154 valence electrons. The fraction of sp³-hybridized carbons (Fsp3) is 1.00. The van der Waals surface area contributed by atoms with Crippen LogP contribution in [0.4, 0.5) is 0 Å². The molecule has 0 aromatic heterocycles. The summed E-state index contributed by atoms with van der Waals surface area (Å²) in [6, 6.07) is 0. The van der Waals surface area contributed by atoms with Crippen molar-refractivity contribution < 1.29 is 0 Å². The average molecular weight is 710 g/mol. The number of nitrogens with zero attached hydrogens (tertiary/aromatic N) is 2. The first-order valence-corrected chi connectivity index (χ1v) is 30.1. The summed E-state index contributed by atoms with van der Waals surface area (Å²) in [7, 11) is 6.77. The maximum atomic E-state index is 6.77. The summed E-state index contributed by atoms with van der Waals surface area (Å²) in [6.45, 7) is 8.29. The summed E-state index contributed by atoms with van der Waals surface area (Å²) in [4.78, 5) is 5.35. The van der Waals surface area contributed by atoms with E-state index in [-0.39, 0.29) is 7.43 Å². The Balaban J connectivity index is 0.000000180. The fourth-order valence-corrected chi connectivity index (χ4v) is 35.9. The Morgan fingerprint density at radius 2 is 0.923 bits per heavy atom. The van der Waals surface area contributed by atoms with Crippen molar-refractivity contribution in [2.75, 3.05) is 41.7 Å². The van der Waals surface area contributed by atoms with Crippen LogP contribution >= 0.6 is 31.5 Å². The van der Waals surface area contributed by atoms with E-state index in [0.717, 1.165) is 0 Å². The number of hydrogen-bond acceptors (Lipinski definition) is 2. The molecule has 0 atom stereocenters. The van der Waals surface area contributed by atoms with Gasteiger partial charge in [-0.05, 0) is 0 Å². The van der Waals surface area contributed by atoms with E-state index >= 15 is 0 Å². The van der Waals surface area contributed by atoms with E-state index in [1.165, 1.54) is 71.8 Å². The van der Waals surface area contributed by atoms with Gasteiger partial charge in [0.2, 0.25) is 0 Å². The summed E-state index contributed by atoms with van der Waals surface area (Å²) in [6.07, 6.45) is 8.83. The molecule has 4 bridgehead atoms. The summed E-state index contributed by atoms with van der Waals surface area (Å²) in [5, 5.41) is 0. The second-order valence-corrected chi connectivity index (χ2v) is 44.0. The Bertz CT molecular complexity index is 360. The zero-order valence-corrected chi connectivity index (χ0v) is 24.7. The number of fused-ring (bicyclic) bond motifs is 12. The van der Waals surface area contributed by atoms with Crippen LogP contribution in [0.15, 0.2) is 0 Å². The fourth-order valence-electron chi connectivity index (χ4n) is 5.51. The first-order chi connectivity index (χ1) is 12.1. The molecule has 0 spiro atoms. The Morgan fingerprint density at radius 1 is 0.615 bits per heavy atom. The van der Waals surface area contributed by atoms with E-state index in [1.807, 2.05) is 0 Å². The van der Waals surface area contributed by atoms with Crippen LogP contribution in [0.3, 0.4) is 0 Å². The molecule has 6 heterocycles. The van der Waals surface area contributed by atoms with Crippen LogP contribution in [-0.2, 0) is 0 Å². The van der Waals surface area contributed by atoms with Crippen molar-refractivity contribution >= 4 is 67.1 Å². The molecule has 0 amide bonds. The van der Waals surface area contributed by atoms with Crippen molar-refractivity contribution in [1.29, 1.82) is 0 Å². The van der Waals surface area contributed by atoms with Crippen LogP contribution in [0, 0.1) is 0 Å². The number of rotatable bonds is 1. The molecule has 0 aromatic rings. The van der Waals surface area contributed by atoms with E-state index in [9.17, 15) is 0 Å². The van der Waals surface area contributed by atoms with Crippen LogP contribution in [0.5, 0.6) is 0 Å². The van der Waals surface area contributed by atoms with Gasteiger partial charge in [0.15, 0.2) is 0 Å². The quantitative estimate of drug-likeness (QED) is 0.182. The molecule has 6 rings (SSSR count).